The van der Waals surface area contributed by atoms with Crippen LogP contribution >= 0.6 is 0 Å². The second kappa shape index (κ2) is 3.16. The van der Waals surface area contributed by atoms with E-state index in [0.29, 0.717) is 0 Å². The van der Waals surface area contributed by atoms with Gasteiger partial charge in [0.25, 0.3) is 0 Å². The zero-order chi connectivity index (χ0) is 7.68. The molecule has 0 radical (unpaired) electrons. The fourth-order valence-corrected chi connectivity index (χ4v) is 3.17. The third-order valence-corrected chi connectivity index (χ3v) is 3.79. The van der Waals surface area contributed by atoms with Gasteiger partial charge in [-0.25, -0.2) is 0 Å². The van der Waals surface area contributed by atoms with Gasteiger partial charge in [0, 0.05) is 0 Å². The van der Waals surface area contributed by atoms with Crippen molar-refractivity contribution in [2.45, 2.75) is 51.9 Å². The van der Waals surface area contributed by atoms with Crippen LogP contribution in [-0.4, -0.2) is 0 Å². The molecule has 2 fully saturated rings. The first-order valence-corrected chi connectivity index (χ1v) is 5.36. The second-order valence-electron chi connectivity index (χ2n) is 4.72. The lowest BCUT2D eigenvalue weighted by atomic mass is 9.89. The van der Waals surface area contributed by atoms with Crippen LogP contribution in [0.3, 0.4) is 0 Å². The molecule has 0 aromatic rings. The van der Waals surface area contributed by atoms with E-state index in [0.717, 1.165) is 17.8 Å². The maximum absolute atomic E-state index is 2.45. The summed E-state index contributed by atoms with van der Waals surface area (Å²) >= 11 is 0. The molecule has 0 spiro atoms. The van der Waals surface area contributed by atoms with E-state index in [1.165, 1.54) is 19.3 Å². The van der Waals surface area contributed by atoms with Crippen LogP contribution in [0.4, 0.5) is 0 Å². The molecule has 0 aromatic carbocycles. The summed E-state index contributed by atoms with van der Waals surface area (Å²) in [6.45, 7) is 2.45. The van der Waals surface area contributed by atoms with Crippen molar-refractivity contribution in [3.05, 3.63) is 0 Å². The number of rotatable bonds is 0. The molecule has 2 rings (SSSR count). The molecule has 0 amide bonds. The average molecular weight is 152 g/mol. The van der Waals surface area contributed by atoms with Crippen LogP contribution in [0.25, 0.3) is 0 Å². The molecule has 0 bridgehead atoms. The minimum Gasteiger partial charge on any atom is -0.0625 e. The zero-order valence-corrected chi connectivity index (χ0v) is 7.68. The van der Waals surface area contributed by atoms with E-state index in [4.69, 9.17) is 0 Å². The summed E-state index contributed by atoms with van der Waals surface area (Å²) < 4.78 is 0. The summed E-state index contributed by atoms with van der Waals surface area (Å²) in [5.41, 5.74) is 0. The van der Waals surface area contributed by atoms with Gasteiger partial charge in [-0.3, -0.25) is 0 Å². The predicted octanol–water partition coefficient (Wildman–Crippen LogP) is 3.61. The summed E-state index contributed by atoms with van der Waals surface area (Å²) in [5.74, 6) is 3.30. The normalized spacial score (nSPS) is 45.0. The monoisotopic (exact) mass is 152 g/mol. The van der Waals surface area contributed by atoms with Crippen molar-refractivity contribution < 1.29 is 0 Å². The Hall–Kier alpha value is 0. The van der Waals surface area contributed by atoms with Crippen molar-refractivity contribution in [2.24, 2.45) is 17.8 Å². The standard InChI is InChI=1S/C11H20/c1-9-4-2-5-10-6-3-7-11(10)8-9/h9-11H,2-8H2,1H3. The molecule has 0 heteroatoms. The summed E-state index contributed by atoms with van der Waals surface area (Å²) in [6.07, 6.45) is 10.8. The van der Waals surface area contributed by atoms with Gasteiger partial charge >= 0.3 is 0 Å². The van der Waals surface area contributed by atoms with Crippen LogP contribution in [0.2, 0.25) is 0 Å². The number of hydrogen-bond acceptors (Lipinski definition) is 0. The van der Waals surface area contributed by atoms with Gasteiger partial charge in [0.2, 0.25) is 0 Å². The van der Waals surface area contributed by atoms with Crippen LogP contribution in [0, 0.1) is 17.8 Å². The Morgan fingerprint density at radius 2 is 1.45 bits per heavy atom. The zero-order valence-electron chi connectivity index (χ0n) is 7.68. The Bertz CT molecular complexity index is 128. The third-order valence-electron chi connectivity index (χ3n) is 3.79. The fraction of sp³-hybridized carbons (Fsp3) is 1.00. The highest BCUT2D eigenvalue weighted by molar-refractivity contribution is 4.81. The lowest BCUT2D eigenvalue weighted by Crippen LogP contribution is -2.07. The quantitative estimate of drug-likeness (QED) is 0.497. The van der Waals surface area contributed by atoms with Gasteiger partial charge in [0.1, 0.15) is 0 Å². The molecule has 0 heterocycles. The van der Waals surface area contributed by atoms with Crippen molar-refractivity contribution in [1.82, 2.24) is 0 Å². The maximum atomic E-state index is 2.45. The summed E-state index contributed by atoms with van der Waals surface area (Å²) in [5, 5.41) is 0. The van der Waals surface area contributed by atoms with Crippen molar-refractivity contribution >= 4 is 0 Å². The molecule has 2 aliphatic carbocycles. The Balaban J connectivity index is 1.98. The van der Waals surface area contributed by atoms with Crippen molar-refractivity contribution in [1.29, 1.82) is 0 Å². The summed E-state index contributed by atoms with van der Waals surface area (Å²) in [4.78, 5) is 0. The van der Waals surface area contributed by atoms with E-state index in [-0.39, 0.29) is 0 Å². The van der Waals surface area contributed by atoms with Gasteiger partial charge in [0.15, 0.2) is 0 Å². The molecular weight excluding hydrogens is 132 g/mol. The molecule has 0 aliphatic heterocycles. The Kier molecular flexibility index (Phi) is 2.20. The predicted molar refractivity (Wildman–Crippen MR) is 48.5 cm³/mol. The third kappa shape index (κ3) is 1.60. The minimum absolute atomic E-state index is 1.03. The fourth-order valence-electron chi connectivity index (χ4n) is 3.17. The van der Waals surface area contributed by atoms with Crippen molar-refractivity contribution in [2.75, 3.05) is 0 Å². The molecular formula is C11H20. The van der Waals surface area contributed by atoms with Crippen LogP contribution in [-0.2, 0) is 0 Å². The molecule has 2 saturated carbocycles. The first-order valence-electron chi connectivity index (χ1n) is 5.36. The highest BCUT2D eigenvalue weighted by atomic mass is 14.4. The molecule has 11 heavy (non-hydrogen) atoms. The lowest BCUT2D eigenvalue weighted by molar-refractivity contribution is 0.340. The van der Waals surface area contributed by atoms with Crippen LogP contribution in [0.1, 0.15) is 51.9 Å². The van der Waals surface area contributed by atoms with E-state index >= 15 is 0 Å². The SMILES string of the molecule is CC1CCCC2CCCC2C1. The highest BCUT2D eigenvalue weighted by Crippen LogP contribution is 2.42. The molecule has 0 aromatic heterocycles. The number of hydrogen-bond donors (Lipinski definition) is 0. The smallest absolute Gasteiger partial charge is 0.0383 e. The molecule has 64 valence electrons. The Morgan fingerprint density at radius 3 is 2.27 bits per heavy atom. The number of fused-ring (bicyclic) bond motifs is 1. The summed E-state index contributed by atoms with van der Waals surface area (Å²) in [7, 11) is 0. The van der Waals surface area contributed by atoms with Gasteiger partial charge < -0.3 is 0 Å². The highest BCUT2D eigenvalue weighted by Gasteiger charge is 2.30. The molecule has 3 unspecified atom stereocenters. The van der Waals surface area contributed by atoms with Gasteiger partial charge in [0.05, 0.1) is 0 Å². The Labute approximate surface area is 70.4 Å². The van der Waals surface area contributed by atoms with E-state index in [2.05, 4.69) is 6.92 Å². The van der Waals surface area contributed by atoms with E-state index in [1.807, 2.05) is 0 Å². The van der Waals surface area contributed by atoms with E-state index in [1.54, 1.807) is 25.7 Å². The molecule has 0 N–H and O–H groups in total. The van der Waals surface area contributed by atoms with Crippen molar-refractivity contribution in [3.8, 4) is 0 Å². The van der Waals surface area contributed by atoms with E-state index in [9.17, 15) is 0 Å². The first kappa shape index (κ1) is 7.64. The molecule has 0 saturated heterocycles. The topological polar surface area (TPSA) is 0 Å². The van der Waals surface area contributed by atoms with Crippen molar-refractivity contribution in [3.63, 3.8) is 0 Å². The minimum atomic E-state index is 1.03. The van der Waals surface area contributed by atoms with Crippen LogP contribution in [0.15, 0.2) is 0 Å². The maximum Gasteiger partial charge on any atom is -0.0383 e. The molecule has 0 nitrogen and oxygen atoms in total. The van der Waals surface area contributed by atoms with Gasteiger partial charge in [-0.1, -0.05) is 45.4 Å². The van der Waals surface area contributed by atoms with E-state index < -0.39 is 0 Å². The second-order valence-corrected chi connectivity index (χ2v) is 4.72. The largest absolute Gasteiger partial charge is 0.0625 e. The lowest BCUT2D eigenvalue weighted by Gasteiger charge is -2.16. The van der Waals surface area contributed by atoms with Crippen LogP contribution < -0.4 is 0 Å². The van der Waals surface area contributed by atoms with Crippen LogP contribution in [0.5, 0.6) is 0 Å². The molecule has 2 aliphatic rings. The van der Waals surface area contributed by atoms with Gasteiger partial charge in [-0.05, 0) is 24.2 Å². The first-order chi connectivity index (χ1) is 5.36. The Morgan fingerprint density at radius 1 is 0.818 bits per heavy atom. The summed E-state index contributed by atoms with van der Waals surface area (Å²) in [6, 6.07) is 0. The molecule has 3 atom stereocenters. The average Bonchev–Trinajstić information content (AvgIpc) is 2.31. The van der Waals surface area contributed by atoms with Gasteiger partial charge in [-0.2, -0.15) is 0 Å². The van der Waals surface area contributed by atoms with Gasteiger partial charge in [-0.15, -0.1) is 0 Å².